The van der Waals surface area contributed by atoms with E-state index in [9.17, 15) is 0 Å². The van der Waals surface area contributed by atoms with Crippen molar-refractivity contribution in [3.05, 3.63) is 82.4 Å². The van der Waals surface area contributed by atoms with E-state index in [0.29, 0.717) is 23.1 Å². The highest BCUT2D eigenvalue weighted by Crippen LogP contribution is 2.49. The second kappa shape index (κ2) is 8.87. The Hall–Kier alpha value is -3.38. The molecule has 2 aliphatic rings. The largest absolute Gasteiger partial charge is 0.494 e. The molecule has 0 unspecified atom stereocenters. The van der Waals surface area contributed by atoms with Crippen molar-refractivity contribution in [1.29, 1.82) is 0 Å². The van der Waals surface area contributed by atoms with E-state index in [-0.39, 0.29) is 6.04 Å². The van der Waals surface area contributed by atoms with Gasteiger partial charge in [0.1, 0.15) is 11.5 Å². The zero-order chi connectivity index (χ0) is 22.9. The molecule has 5 rings (SSSR count). The number of hydrogen-bond acceptors (Lipinski definition) is 6. The van der Waals surface area contributed by atoms with Gasteiger partial charge in [-0.1, -0.05) is 11.6 Å². The third-order valence-corrected chi connectivity index (χ3v) is 6.18. The Labute approximate surface area is 198 Å². The molecule has 0 saturated heterocycles. The molecule has 2 atom stereocenters. The van der Waals surface area contributed by atoms with Crippen molar-refractivity contribution in [1.82, 2.24) is 5.01 Å². The van der Waals surface area contributed by atoms with Crippen LogP contribution in [0.1, 0.15) is 42.3 Å². The summed E-state index contributed by atoms with van der Waals surface area (Å²) >= 11 is 6.34. The molecule has 7 heteroatoms. The summed E-state index contributed by atoms with van der Waals surface area (Å²) < 4.78 is 23.0. The van der Waals surface area contributed by atoms with Crippen molar-refractivity contribution < 1.29 is 18.9 Å². The van der Waals surface area contributed by atoms with Crippen LogP contribution in [0.5, 0.6) is 23.0 Å². The fraction of sp³-hybridized carbons (Fsp3) is 0.269. The van der Waals surface area contributed by atoms with Crippen molar-refractivity contribution in [2.75, 3.05) is 20.8 Å². The van der Waals surface area contributed by atoms with Crippen molar-refractivity contribution in [3.63, 3.8) is 0 Å². The zero-order valence-electron chi connectivity index (χ0n) is 18.7. The number of rotatable bonds is 6. The maximum atomic E-state index is 6.44. The fourth-order valence-corrected chi connectivity index (χ4v) is 4.55. The lowest BCUT2D eigenvalue weighted by molar-refractivity contribution is -0.0191. The maximum absolute atomic E-state index is 6.44. The van der Waals surface area contributed by atoms with Gasteiger partial charge in [0, 0.05) is 22.6 Å². The molecule has 0 spiro atoms. The van der Waals surface area contributed by atoms with Gasteiger partial charge in [-0.05, 0) is 73.2 Å². The summed E-state index contributed by atoms with van der Waals surface area (Å²) in [5, 5.41) is 7.71. The van der Waals surface area contributed by atoms with E-state index in [4.69, 9.17) is 35.6 Å². The zero-order valence-corrected chi connectivity index (χ0v) is 19.5. The van der Waals surface area contributed by atoms with Gasteiger partial charge in [0.05, 0.1) is 32.6 Å². The van der Waals surface area contributed by atoms with Crippen LogP contribution in [0.3, 0.4) is 0 Å². The number of ether oxygens (including phenoxy) is 4. The number of hydrogen-bond donors (Lipinski definition) is 0. The van der Waals surface area contributed by atoms with E-state index in [1.807, 2.05) is 72.6 Å². The molecule has 0 N–H and O–H groups in total. The van der Waals surface area contributed by atoms with Crippen LogP contribution in [0.2, 0.25) is 5.02 Å². The molecule has 170 valence electrons. The van der Waals surface area contributed by atoms with Crippen LogP contribution < -0.4 is 18.9 Å². The van der Waals surface area contributed by atoms with Crippen LogP contribution in [-0.4, -0.2) is 31.5 Å². The Morgan fingerprint density at radius 1 is 1.00 bits per heavy atom. The lowest BCUT2D eigenvalue weighted by atomic mass is 9.96. The molecule has 0 bridgehead atoms. The predicted octanol–water partition coefficient (Wildman–Crippen LogP) is 6.00. The third kappa shape index (κ3) is 3.95. The normalized spacial score (nSPS) is 18.7. The fourth-order valence-electron chi connectivity index (χ4n) is 4.37. The Bertz CT molecular complexity index is 1200. The maximum Gasteiger partial charge on any atom is 0.214 e. The van der Waals surface area contributed by atoms with E-state index in [1.165, 1.54) is 0 Å². The van der Waals surface area contributed by atoms with Gasteiger partial charge in [-0.3, -0.25) is 0 Å². The molecule has 3 aromatic carbocycles. The summed E-state index contributed by atoms with van der Waals surface area (Å²) in [6.07, 6.45) is 0.331. The highest BCUT2D eigenvalue weighted by Gasteiger charge is 2.41. The van der Waals surface area contributed by atoms with Gasteiger partial charge in [-0.15, -0.1) is 0 Å². The first kappa shape index (κ1) is 21.5. The Kier molecular flexibility index (Phi) is 5.77. The van der Waals surface area contributed by atoms with Gasteiger partial charge in [-0.25, -0.2) is 5.01 Å². The first-order chi connectivity index (χ1) is 16.1. The van der Waals surface area contributed by atoms with Gasteiger partial charge < -0.3 is 18.9 Å². The van der Waals surface area contributed by atoms with Crippen molar-refractivity contribution in [2.24, 2.45) is 5.10 Å². The lowest BCUT2D eigenvalue weighted by Crippen LogP contribution is -2.33. The first-order valence-electron chi connectivity index (χ1n) is 10.9. The summed E-state index contributed by atoms with van der Waals surface area (Å²) in [6, 6.07) is 19.6. The highest BCUT2D eigenvalue weighted by molar-refractivity contribution is 6.30. The number of fused-ring (bicyclic) bond motifs is 3. The minimum atomic E-state index is -0.413. The number of nitrogens with zero attached hydrogens (tertiary/aromatic N) is 2. The Morgan fingerprint density at radius 2 is 1.79 bits per heavy atom. The summed E-state index contributed by atoms with van der Waals surface area (Å²) in [7, 11) is 3.25. The van der Waals surface area contributed by atoms with Crippen LogP contribution in [0.15, 0.2) is 65.8 Å². The van der Waals surface area contributed by atoms with Crippen molar-refractivity contribution >= 4 is 17.3 Å². The molecule has 6 nitrogen and oxygen atoms in total. The molecule has 3 aromatic rings. The van der Waals surface area contributed by atoms with Crippen LogP contribution >= 0.6 is 11.6 Å². The van der Waals surface area contributed by atoms with Gasteiger partial charge in [0.15, 0.2) is 11.5 Å². The summed E-state index contributed by atoms with van der Waals surface area (Å²) in [5.74, 6) is 2.97. The molecule has 0 aliphatic carbocycles. The molecule has 0 aromatic heterocycles. The molecular formula is C26H25ClN2O4. The monoisotopic (exact) mass is 464 g/mol. The van der Waals surface area contributed by atoms with Crippen molar-refractivity contribution in [3.8, 4) is 23.0 Å². The summed E-state index contributed by atoms with van der Waals surface area (Å²) in [6.45, 7) is 2.61. The predicted molar refractivity (Wildman–Crippen MR) is 128 cm³/mol. The molecule has 0 radical (unpaired) electrons. The Balaban J connectivity index is 1.55. The van der Waals surface area contributed by atoms with E-state index >= 15 is 0 Å². The second-order valence-electron chi connectivity index (χ2n) is 7.87. The summed E-state index contributed by atoms with van der Waals surface area (Å²) in [4.78, 5) is 0. The average molecular weight is 465 g/mol. The molecule has 0 fully saturated rings. The average Bonchev–Trinajstić information content (AvgIpc) is 3.30. The lowest BCUT2D eigenvalue weighted by Gasteiger charge is -2.38. The molecular weight excluding hydrogens is 440 g/mol. The summed E-state index contributed by atoms with van der Waals surface area (Å²) in [5.41, 5.74) is 4.01. The van der Waals surface area contributed by atoms with E-state index in [0.717, 1.165) is 40.3 Å². The van der Waals surface area contributed by atoms with Crippen LogP contribution in [0.25, 0.3) is 0 Å². The SMILES string of the molecule is CCOc1ccc(C2=NN3[C@@H](C2)c2cc(Cl)ccc2O[C@H]3c2ccc(OC)c(OC)c2)cc1. The quantitative estimate of drug-likeness (QED) is 0.448. The number of methoxy groups -OCH3 is 2. The van der Waals surface area contributed by atoms with E-state index in [2.05, 4.69) is 0 Å². The smallest absolute Gasteiger partial charge is 0.214 e. The van der Waals surface area contributed by atoms with Gasteiger partial charge in [-0.2, -0.15) is 5.10 Å². The van der Waals surface area contributed by atoms with Gasteiger partial charge in [0.25, 0.3) is 0 Å². The van der Waals surface area contributed by atoms with Crippen LogP contribution in [0.4, 0.5) is 0 Å². The molecule has 2 aliphatic heterocycles. The molecule has 33 heavy (non-hydrogen) atoms. The third-order valence-electron chi connectivity index (χ3n) is 5.94. The number of benzene rings is 3. The minimum absolute atomic E-state index is 0.00659. The van der Waals surface area contributed by atoms with Crippen LogP contribution in [-0.2, 0) is 0 Å². The van der Waals surface area contributed by atoms with Crippen molar-refractivity contribution in [2.45, 2.75) is 25.6 Å². The second-order valence-corrected chi connectivity index (χ2v) is 8.31. The molecule has 2 heterocycles. The Morgan fingerprint density at radius 3 is 2.52 bits per heavy atom. The van der Waals surface area contributed by atoms with E-state index < -0.39 is 6.23 Å². The van der Waals surface area contributed by atoms with E-state index in [1.54, 1.807) is 14.2 Å². The van der Waals surface area contributed by atoms with Crippen LogP contribution in [0, 0.1) is 0 Å². The highest BCUT2D eigenvalue weighted by atomic mass is 35.5. The standard InChI is InChI=1S/C26H25ClN2O4/c1-4-32-19-9-5-16(6-10-19)21-15-22-20-14-18(27)8-12-23(20)33-26(29(22)28-21)17-7-11-24(30-2)25(13-17)31-3/h5-14,22,26H,4,15H2,1-3H3/t22-,26-/m0/s1. The topological polar surface area (TPSA) is 52.5 Å². The molecule has 0 amide bonds. The molecule has 0 saturated carbocycles. The first-order valence-corrected chi connectivity index (χ1v) is 11.3. The van der Waals surface area contributed by atoms with Gasteiger partial charge >= 0.3 is 0 Å². The number of hydrazone groups is 1. The number of halogens is 1. The minimum Gasteiger partial charge on any atom is -0.494 e. The van der Waals surface area contributed by atoms with Gasteiger partial charge in [0.2, 0.25) is 6.23 Å².